The molecule has 0 fully saturated rings. The number of aryl methyl sites for hydroxylation is 1. The van der Waals surface area contributed by atoms with E-state index in [1.54, 1.807) is 0 Å². The molecule has 0 aliphatic carbocycles. The maximum atomic E-state index is 4.42. The Labute approximate surface area is 121 Å². The van der Waals surface area contributed by atoms with E-state index in [1.165, 1.54) is 10.8 Å². The van der Waals surface area contributed by atoms with Crippen LogP contribution in [0.15, 0.2) is 24.3 Å². The number of benzene rings is 1. The second-order valence-electron chi connectivity index (χ2n) is 5.34. The zero-order valence-electron chi connectivity index (χ0n) is 12.8. The lowest BCUT2D eigenvalue weighted by Gasteiger charge is -2.24. The fourth-order valence-corrected chi connectivity index (χ4v) is 2.36. The largest absolute Gasteiger partial charge is 0.354 e. The van der Waals surface area contributed by atoms with Crippen molar-refractivity contribution in [2.45, 2.75) is 33.7 Å². The van der Waals surface area contributed by atoms with Gasteiger partial charge in [0, 0.05) is 36.4 Å². The van der Waals surface area contributed by atoms with Gasteiger partial charge in [0.05, 0.1) is 5.69 Å². The molecule has 0 atom stereocenters. The highest BCUT2D eigenvalue weighted by molar-refractivity contribution is 5.93. The van der Waals surface area contributed by atoms with E-state index in [4.69, 9.17) is 0 Å². The summed E-state index contributed by atoms with van der Waals surface area (Å²) < 4.78 is 0. The molecule has 0 saturated heterocycles. The lowest BCUT2D eigenvalue weighted by Crippen LogP contribution is -2.35. The van der Waals surface area contributed by atoms with Crippen LogP contribution in [0.1, 0.15) is 26.5 Å². The summed E-state index contributed by atoms with van der Waals surface area (Å²) >= 11 is 0. The molecule has 1 N–H and O–H groups in total. The Kier molecular flexibility index (Phi) is 4.90. The van der Waals surface area contributed by atoms with Crippen LogP contribution in [0.5, 0.6) is 0 Å². The van der Waals surface area contributed by atoms with Crippen molar-refractivity contribution in [3.63, 3.8) is 0 Å². The second kappa shape index (κ2) is 6.66. The van der Waals surface area contributed by atoms with E-state index in [-0.39, 0.29) is 0 Å². The molecular formula is C16H24N4. The van der Waals surface area contributed by atoms with Crippen molar-refractivity contribution in [1.82, 2.24) is 15.5 Å². The van der Waals surface area contributed by atoms with Gasteiger partial charge < -0.3 is 10.2 Å². The topological polar surface area (TPSA) is 41.0 Å². The van der Waals surface area contributed by atoms with Crippen LogP contribution in [0.2, 0.25) is 0 Å². The van der Waals surface area contributed by atoms with Crippen LogP contribution in [0.4, 0.5) is 5.82 Å². The second-order valence-corrected chi connectivity index (χ2v) is 5.34. The van der Waals surface area contributed by atoms with Gasteiger partial charge in [0.1, 0.15) is 0 Å². The minimum absolute atomic E-state index is 0.509. The van der Waals surface area contributed by atoms with E-state index in [1.807, 2.05) is 6.92 Å². The minimum Gasteiger partial charge on any atom is -0.354 e. The van der Waals surface area contributed by atoms with Crippen LogP contribution >= 0.6 is 0 Å². The lowest BCUT2D eigenvalue weighted by molar-refractivity contribution is 0.582. The smallest absolute Gasteiger partial charge is 0.159 e. The van der Waals surface area contributed by atoms with E-state index in [0.717, 1.165) is 31.1 Å². The monoisotopic (exact) mass is 272 g/mol. The van der Waals surface area contributed by atoms with Crippen molar-refractivity contribution in [2.75, 3.05) is 24.5 Å². The fraction of sp³-hybridized carbons (Fsp3) is 0.500. The quantitative estimate of drug-likeness (QED) is 0.878. The normalized spacial score (nSPS) is 11.2. The summed E-state index contributed by atoms with van der Waals surface area (Å²) in [5, 5.41) is 14.6. The van der Waals surface area contributed by atoms with E-state index < -0.39 is 0 Å². The van der Waals surface area contributed by atoms with Gasteiger partial charge in [0.15, 0.2) is 5.82 Å². The van der Waals surface area contributed by atoms with Gasteiger partial charge in [-0.15, -0.1) is 5.10 Å². The summed E-state index contributed by atoms with van der Waals surface area (Å²) in [4.78, 5) is 2.28. The predicted molar refractivity (Wildman–Crippen MR) is 85.3 cm³/mol. The molecule has 0 aliphatic heterocycles. The fourth-order valence-electron chi connectivity index (χ4n) is 2.36. The highest BCUT2D eigenvalue weighted by atomic mass is 15.3. The number of rotatable bonds is 6. The number of hydrogen-bond acceptors (Lipinski definition) is 4. The van der Waals surface area contributed by atoms with Gasteiger partial charge in [0.25, 0.3) is 0 Å². The molecule has 0 saturated carbocycles. The highest BCUT2D eigenvalue weighted by Gasteiger charge is 2.12. The Hall–Kier alpha value is -1.68. The van der Waals surface area contributed by atoms with Gasteiger partial charge in [-0.25, -0.2) is 0 Å². The third-order valence-electron chi connectivity index (χ3n) is 3.47. The average molecular weight is 272 g/mol. The zero-order chi connectivity index (χ0) is 14.5. The minimum atomic E-state index is 0.509. The maximum absolute atomic E-state index is 4.42. The summed E-state index contributed by atoms with van der Waals surface area (Å²) in [6.07, 6.45) is 0. The highest BCUT2D eigenvalue weighted by Crippen LogP contribution is 2.25. The van der Waals surface area contributed by atoms with Crippen molar-refractivity contribution < 1.29 is 0 Å². The van der Waals surface area contributed by atoms with Gasteiger partial charge in [-0.05, 0) is 13.8 Å². The van der Waals surface area contributed by atoms with Crippen molar-refractivity contribution in [3.05, 3.63) is 30.0 Å². The standard InChI is InChI=1S/C16H24N4/c1-5-20(11-10-17-12(2)3)16-15-9-7-6-8-14(15)13(4)18-19-16/h6-9,12,17H,5,10-11H2,1-4H3. The third kappa shape index (κ3) is 3.25. The Bertz CT molecular complexity index is 565. The van der Waals surface area contributed by atoms with Crippen LogP contribution < -0.4 is 10.2 Å². The number of nitrogens with zero attached hydrogens (tertiary/aromatic N) is 3. The molecule has 0 aliphatic rings. The number of aromatic nitrogens is 2. The van der Waals surface area contributed by atoms with Crippen molar-refractivity contribution in [3.8, 4) is 0 Å². The molecular weight excluding hydrogens is 248 g/mol. The Morgan fingerprint density at radius 3 is 2.50 bits per heavy atom. The Balaban J connectivity index is 2.28. The lowest BCUT2D eigenvalue weighted by atomic mass is 10.1. The molecule has 0 amide bonds. The number of fused-ring (bicyclic) bond motifs is 1. The number of likely N-dealkylation sites (N-methyl/N-ethyl adjacent to an activating group) is 1. The molecule has 20 heavy (non-hydrogen) atoms. The van der Waals surface area contributed by atoms with Crippen LogP contribution in [-0.4, -0.2) is 35.9 Å². The molecule has 1 heterocycles. The Morgan fingerprint density at radius 1 is 1.15 bits per heavy atom. The van der Waals surface area contributed by atoms with Crippen molar-refractivity contribution in [2.24, 2.45) is 0 Å². The van der Waals surface area contributed by atoms with Crippen LogP contribution in [0.3, 0.4) is 0 Å². The summed E-state index contributed by atoms with van der Waals surface area (Å²) in [5.41, 5.74) is 0.987. The average Bonchev–Trinajstić information content (AvgIpc) is 2.45. The van der Waals surface area contributed by atoms with Gasteiger partial charge in [0.2, 0.25) is 0 Å². The SMILES string of the molecule is CCN(CCNC(C)C)c1nnc(C)c2ccccc12. The number of nitrogens with one attached hydrogen (secondary N) is 1. The molecule has 2 aromatic rings. The maximum Gasteiger partial charge on any atom is 0.159 e. The van der Waals surface area contributed by atoms with Crippen LogP contribution in [0.25, 0.3) is 10.8 Å². The zero-order valence-corrected chi connectivity index (χ0v) is 12.8. The predicted octanol–water partition coefficient (Wildman–Crippen LogP) is 2.76. The van der Waals surface area contributed by atoms with Crippen molar-refractivity contribution >= 4 is 16.6 Å². The molecule has 1 aromatic heterocycles. The third-order valence-corrected chi connectivity index (χ3v) is 3.47. The molecule has 0 spiro atoms. The first-order valence-corrected chi connectivity index (χ1v) is 7.33. The number of hydrogen-bond donors (Lipinski definition) is 1. The number of anilines is 1. The summed E-state index contributed by atoms with van der Waals surface area (Å²) in [5.74, 6) is 0.985. The molecule has 0 radical (unpaired) electrons. The molecule has 0 unspecified atom stereocenters. The summed E-state index contributed by atoms with van der Waals surface area (Å²) in [6.45, 7) is 11.3. The molecule has 4 nitrogen and oxygen atoms in total. The summed E-state index contributed by atoms with van der Waals surface area (Å²) in [7, 11) is 0. The van der Waals surface area contributed by atoms with E-state index in [0.29, 0.717) is 6.04 Å². The van der Waals surface area contributed by atoms with Crippen LogP contribution in [0, 0.1) is 6.92 Å². The molecule has 0 bridgehead atoms. The Morgan fingerprint density at radius 2 is 1.85 bits per heavy atom. The van der Waals surface area contributed by atoms with E-state index in [2.05, 4.69) is 65.5 Å². The van der Waals surface area contributed by atoms with Gasteiger partial charge in [-0.3, -0.25) is 0 Å². The van der Waals surface area contributed by atoms with E-state index >= 15 is 0 Å². The van der Waals surface area contributed by atoms with Crippen LogP contribution in [-0.2, 0) is 0 Å². The molecule has 108 valence electrons. The van der Waals surface area contributed by atoms with E-state index in [9.17, 15) is 0 Å². The van der Waals surface area contributed by atoms with Crippen molar-refractivity contribution in [1.29, 1.82) is 0 Å². The molecule has 2 rings (SSSR count). The van der Waals surface area contributed by atoms with Gasteiger partial charge >= 0.3 is 0 Å². The first kappa shape index (κ1) is 14.7. The van der Waals surface area contributed by atoms with Gasteiger partial charge in [-0.1, -0.05) is 38.1 Å². The first-order valence-electron chi connectivity index (χ1n) is 7.33. The van der Waals surface area contributed by atoms with Gasteiger partial charge in [-0.2, -0.15) is 5.10 Å². The molecule has 4 heteroatoms. The summed E-state index contributed by atoms with van der Waals surface area (Å²) in [6, 6.07) is 8.87. The first-order chi connectivity index (χ1) is 9.63. The molecule has 1 aromatic carbocycles.